The van der Waals surface area contributed by atoms with Crippen molar-refractivity contribution in [3.05, 3.63) is 70.7 Å². The van der Waals surface area contributed by atoms with E-state index < -0.39 is 57.1 Å². The molecule has 2 aliphatic heterocycles. The minimum Gasteiger partial charge on any atom is -0.440 e. The molecule has 4 N–H and O–H groups in total. The molecule has 0 aromatic heterocycles. The maximum Gasteiger partial charge on any atom is 0.417 e. The molecule has 5 atom stereocenters. The lowest BCUT2D eigenvalue weighted by molar-refractivity contribution is -0.123. The van der Waals surface area contributed by atoms with Gasteiger partial charge >= 0.3 is 6.09 Å². The van der Waals surface area contributed by atoms with Crippen LogP contribution >= 0.6 is 34.0 Å². The van der Waals surface area contributed by atoms with E-state index in [1.807, 2.05) is 90.1 Å². The van der Waals surface area contributed by atoms with Crippen LogP contribution < -0.4 is 15.4 Å². The number of halogens is 1. The van der Waals surface area contributed by atoms with E-state index >= 15 is 0 Å². The first-order valence-corrected chi connectivity index (χ1v) is 20.1. The number of hydrogen-bond donors (Lipinski definition) is 4. The van der Waals surface area contributed by atoms with E-state index in [4.69, 9.17) is 16.3 Å². The summed E-state index contributed by atoms with van der Waals surface area (Å²) in [6.45, 7) is 11.9. The lowest BCUT2D eigenvalue weighted by atomic mass is 9.76. The number of aliphatic hydroxyl groups is 1. The molecule has 9 nitrogen and oxygen atoms in total. The first-order chi connectivity index (χ1) is 23.6. The van der Waals surface area contributed by atoms with E-state index in [0.717, 1.165) is 47.4 Å². The van der Waals surface area contributed by atoms with Crippen molar-refractivity contribution in [2.75, 3.05) is 11.5 Å². The zero-order valence-electron chi connectivity index (χ0n) is 29.8. The Balaban J connectivity index is 1.53. The van der Waals surface area contributed by atoms with Crippen LogP contribution in [0.4, 0.5) is 4.79 Å². The number of Topliss-reactive ketones (excluding diaryl/α,β-unsaturated/α-hetero) is 1. The van der Waals surface area contributed by atoms with Crippen LogP contribution in [0, 0.1) is 23.2 Å². The van der Waals surface area contributed by atoms with Crippen molar-refractivity contribution in [1.82, 2.24) is 15.4 Å². The molecule has 0 bridgehead atoms. The molecule has 12 heteroatoms. The van der Waals surface area contributed by atoms with Gasteiger partial charge < -0.3 is 15.2 Å². The lowest BCUT2D eigenvalue weighted by Crippen LogP contribution is -2.51. The predicted molar refractivity (Wildman–Crippen MR) is 204 cm³/mol. The zero-order valence-corrected chi connectivity index (χ0v) is 32.2. The van der Waals surface area contributed by atoms with E-state index in [9.17, 15) is 24.8 Å². The Morgan fingerprint density at radius 1 is 1.16 bits per heavy atom. The molecule has 50 heavy (non-hydrogen) atoms. The molecule has 4 unspecified atom stereocenters. The molecular formula is C38H51ClN4O5S2. The highest BCUT2D eigenvalue weighted by Crippen LogP contribution is 2.40. The fourth-order valence-electron chi connectivity index (χ4n) is 6.77. The van der Waals surface area contributed by atoms with Crippen molar-refractivity contribution < 1.29 is 24.2 Å². The van der Waals surface area contributed by atoms with Crippen molar-refractivity contribution in [2.45, 2.75) is 108 Å². The van der Waals surface area contributed by atoms with Gasteiger partial charge in [-0.15, -0.1) is 0 Å². The van der Waals surface area contributed by atoms with Crippen LogP contribution in [-0.2, 0) is 19.7 Å². The van der Waals surface area contributed by atoms with Gasteiger partial charge in [0.25, 0.3) is 0 Å². The lowest BCUT2D eigenvalue weighted by Gasteiger charge is -2.35. The number of carbonyl (C=O) groups excluding carboxylic acids is 3. The Labute approximate surface area is 308 Å². The van der Waals surface area contributed by atoms with Crippen LogP contribution in [0.3, 0.4) is 0 Å². The number of nitrogens with one attached hydrogen (secondary N) is 3. The second-order valence-corrected chi connectivity index (χ2v) is 18.6. The molecule has 2 aromatic rings. The molecule has 2 aromatic carbocycles. The van der Waals surface area contributed by atoms with E-state index in [1.54, 1.807) is 6.07 Å². The quantitative estimate of drug-likeness (QED) is 0.0865. The minimum absolute atomic E-state index is 0.136. The molecule has 2 aliphatic rings. The van der Waals surface area contributed by atoms with Crippen molar-refractivity contribution >= 4 is 56.7 Å². The van der Waals surface area contributed by atoms with Crippen molar-refractivity contribution in [3.8, 4) is 6.07 Å². The molecule has 4 rings (SSSR count). The minimum atomic E-state index is -1.24. The van der Waals surface area contributed by atoms with Gasteiger partial charge in [0.05, 0.1) is 11.3 Å². The summed E-state index contributed by atoms with van der Waals surface area (Å²) in [5.41, 5.74) is 0.642. The van der Waals surface area contributed by atoms with E-state index in [0.29, 0.717) is 17.9 Å². The highest BCUT2D eigenvalue weighted by Gasteiger charge is 2.41. The van der Waals surface area contributed by atoms with Gasteiger partial charge in [-0.25, -0.2) is 4.79 Å². The van der Waals surface area contributed by atoms with Crippen LogP contribution in [0.25, 0.3) is 0 Å². The number of nitriles is 1. The van der Waals surface area contributed by atoms with Gasteiger partial charge in [-0.3, -0.25) is 19.6 Å². The van der Waals surface area contributed by atoms with Crippen molar-refractivity contribution in [3.63, 3.8) is 0 Å². The summed E-state index contributed by atoms with van der Waals surface area (Å²) in [5.74, 6) is 0.791. The maximum atomic E-state index is 14.0. The van der Waals surface area contributed by atoms with Crippen molar-refractivity contribution in [1.29, 1.82) is 5.26 Å². The Morgan fingerprint density at radius 3 is 2.42 bits per heavy atom. The maximum absolute atomic E-state index is 14.0. The number of ether oxygens (including phenoxy) is 1. The highest BCUT2D eigenvalue weighted by molar-refractivity contribution is 8.17. The number of nitrogens with zero attached hydrogens (tertiary/aromatic N) is 1. The first-order valence-electron chi connectivity index (χ1n) is 17.3. The highest BCUT2D eigenvalue weighted by atomic mass is 35.5. The number of benzene rings is 2. The fraction of sp³-hybridized carbons (Fsp3) is 0.553. The van der Waals surface area contributed by atoms with E-state index in [-0.39, 0.29) is 28.9 Å². The Bertz CT molecular complexity index is 1580. The van der Waals surface area contributed by atoms with Gasteiger partial charge in [-0.05, 0) is 98.6 Å². The van der Waals surface area contributed by atoms with Gasteiger partial charge in [0.2, 0.25) is 5.91 Å². The molecule has 2 saturated heterocycles. The summed E-state index contributed by atoms with van der Waals surface area (Å²) in [6.07, 6.45) is 0.525. The van der Waals surface area contributed by atoms with E-state index in [2.05, 4.69) is 21.4 Å². The molecule has 272 valence electrons. The summed E-state index contributed by atoms with van der Waals surface area (Å²) in [4.78, 5) is 40.6. The second-order valence-electron chi connectivity index (χ2n) is 14.9. The van der Waals surface area contributed by atoms with Gasteiger partial charge in [0, 0.05) is 21.9 Å². The number of carbonyl (C=O) groups is 3. The van der Waals surface area contributed by atoms with Gasteiger partial charge in [0.1, 0.15) is 23.3 Å². The normalized spacial score (nSPS) is 20.0. The molecule has 2 fully saturated rings. The third-order valence-electron chi connectivity index (χ3n) is 9.34. The monoisotopic (exact) mass is 742 g/mol. The average molecular weight is 743 g/mol. The summed E-state index contributed by atoms with van der Waals surface area (Å²) in [5, 5.41) is 27.8. The SMILES string of the molecule is CC(C)C[C@H](SNC(=O)OC(c1ccccc1)C(C)(C)c1cccc(Cl)c1)C(O)NC(CC1CC(C)(C)NC1=O)C(=O)C(C#N)=S1CCCC1. The Morgan fingerprint density at radius 2 is 1.84 bits per heavy atom. The predicted octanol–water partition coefficient (Wildman–Crippen LogP) is 7.06. The molecule has 0 aliphatic carbocycles. The van der Waals surface area contributed by atoms with Crippen LogP contribution in [0.2, 0.25) is 5.02 Å². The van der Waals surface area contributed by atoms with E-state index in [1.165, 1.54) is 0 Å². The topological polar surface area (TPSA) is 141 Å². The van der Waals surface area contributed by atoms with Crippen LogP contribution in [0.15, 0.2) is 54.6 Å². The summed E-state index contributed by atoms with van der Waals surface area (Å²) in [6, 6.07) is 18.2. The standard InChI is InChI=1S/C38H51ClN4O5S2/c1-24(2)19-30(49-43-36(47)48-33(25-13-8-7-9-14-25)38(5,6)27-15-12-16-28(39)21-27)35(46)41-29(20-26-22-37(3,4)42-34(26)45)32(44)31(23-40)50-17-10-11-18-50/h7-9,12-16,21,24,26,29-30,33,35,41,46H,10-11,17-20,22H2,1-6H3,(H,42,45)(H,43,47)/t26?,29?,30-,33?,35?/m0/s1. The largest absolute Gasteiger partial charge is 0.440 e. The molecular weight excluding hydrogens is 692 g/mol. The molecule has 0 spiro atoms. The van der Waals surface area contributed by atoms with Gasteiger partial charge in [-0.1, -0.05) is 81.8 Å². The number of rotatable bonds is 15. The number of ketones is 1. The molecule has 2 amide bonds. The average Bonchev–Trinajstić information content (AvgIpc) is 3.68. The van der Waals surface area contributed by atoms with Crippen LogP contribution in [0.5, 0.6) is 0 Å². The molecule has 0 radical (unpaired) electrons. The third-order valence-corrected chi connectivity index (χ3v) is 13.0. The van der Waals surface area contributed by atoms with Gasteiger partial charge in [-0.2, -0.15) is 15.7 Å². The Kier molecular flexibility index (Phi) is 14.0. The fourth-order valence-corrected chi connectivity index (χ4v) is 10.2. The summed E-state index contributed by atoms with van der Waals surface area (Å²) in [7, 11) is -0.434. The van der Waals surface area contributed by atoms with Crippen molar-refractivity contribution in [2.24, 2.45) is 11.8 Å². The van der Waals surface area contributed by atoms with Crippen LogP contribution in [-0.4, -0.2) is 62.3 Å². The smallest absolute Gasteiger partial charge is 0.417 e. The second kappa shape index (κ2) is 17.6. The zero-order chi connectivity index (χ0) is 36.6. The number of aliphatic hydroxyl groups excluding tert-OH is 1. The number of hydrogen-bond acceptors (Lipinski definition) is 8. The van der Waals surface area contributed by atoms with Gasteiger partial charge in [0.15, 0.2) is 5.78 Å². The molecule has 0 saturated carbocycles. The first kappa shape index (κ1) is 39.9. The van der Waals surface area contributed by atoms with Crippen LogP contribution in [0.1, 0.15) is 90.9 Å². The summed E-state index contributed by atoms with van der Waals surface area (Å²) >= 11 is 7.36. The number of amides is 2. The summed E-state index contributed by atoms with van der Waals surface area (Å²) < 4.78 is 8.92. The third kappa shape index (κ3) is 10.6. The molecule has 2 heterocycles. The Hall–Kier alpha value is -2.88.